The third-order valence-electron chi connectivity index (χ3n) is 4.04. The number of hydrogen-bond acceptors (Lipinski definition) is 5. The lowest BCUT2D eigenvalue weighted by Crippen LogP contribution is -2.49. The lowest BCUT2D eigenvalue weighted by atomic mass is 9.96. The van der Waals surface area contributed by atoms with Gasteiger partial charge in [-0.15, -0.1) is 0 Å². The van der Waals surface area contributed by atoms with E-state index >= 15 is 0 Å². The predicted octanol–water partition coefficient (Wildman–Crippen LogP) is 0.773. The van der Waals surface area contributed by atoms with Crippen LogP contribution in [-0.2, 0) is 11.2 Å². The van der Waals surface area contributed by atoms with Gasteiger partial charge in [-0.3, -0.25) is 4.79 Å². The van der Waals surface area contributed by atoms with Crippen molar-refractivity contribution < 1.29 is 14.1 Å². The maximum atomic E-state index is 12.6. The van der Waals surface area contributed by atoms with E-state index in [4.69, 9.17) is 4.52 Å². The molecule has 0 saturated carbocycles. The van der Waals surface area contributed by atoms with Crippen LogP contribution in [0.15, 0.2) is 4.52 Å². The van der Waals surface area contributed by atoms with E-state index in [0.29, 0.717) is 37.8 Å². The van der Waals surface area contributed by atoms with Crippen molar-refractivity contribution in [3.63, 3.8) is 0 Å². The first-order valence-corrected chi connectivity index (χ1v) is 7.89. The Bertz CT molecular complexity index is 557. The first-order chi connectivity index (χ1) is 10.9. The molecule has 1 unspecified atom stereocenters. The average Bonchev–Trinajstić information content (AvgIpc) is 2.96. The zero-order valence-electron chi connectivity index (χ0n) is 14.3. The quantitative estimate of drug-likeness (QED) is 0.817. The van der Waals surface area contributed by atoms with E-state index in [1.54, 1.807) is 42.8 Å². The zero-order chi connectivity index (χ0) is 17.0. The predicted molar refractivity (Wildman–Crippen MR) is 83.8 cm³/mol. The van der Waals surface area contributed by atoms with Gasteiger partial charge in [0.2, 0.25) is 11.8 Å². The van der Waals surface area contributed by atoms with Gasteiger partial charge in [-0.1, -0.05) is 5.16 Å². The molecule has 3 amide bonds. The standard InChI is InChI=1S/C15H25N5O3/c1-11-16-13(17-23-11)7-9-19(4)14(21)12-6-5-8-20(10-12)15(22)18(2)3/h12H,5-10H2,1-4H3. The molecule has 1 saturated heterocycles. The normalized spacial score (nSPS) is 17.9. The molecule has 8 nitrogen and oxygen atoms in total. The summed E-state index contributed by atoms with van der Waals surface area (Å²) in [5, 5.41) is 3.83. The maximum Gasteiger partial charge on any atom is 0.319 e. The van der Waals surface area contributed by atoms with E-state index in [2.05, 4.69) is 10.1 Å². The summed E-state index contributed by atoms with van der Waals surface area (Å²) in [4.78, 5) is 33.8. The van der Waals surface area contributed by atoms with Crippen molar-refractivity contribution in [1.82, 2.24) is 24.8 Å². The Balaban J connectivity index is 1.87. The Morgan fingerprint density at radius 3 is 2.70 bits per heavy atom. The van der Waals surface area contributed by atoms with E-state index in [1.165, 1.54) is 0 Å². The van der Waals surface area contributed by atoms with Crippen molar-refractivity contribution in [2.45, 2.75) is 26.2 Å². The molecule has 1 aromatic heterocycles. The Kier molecular flexibility index (Phi) is 5.57. The summed E-state index contributed by atoms with van der Waals surface area (Å²) in [6.45, 7) is 3.48. The second-order valence-electron chi connectivity index (χ2n) is 6.20. The molecule has 0 bridgehead atoms. The van der Waals surface area contributed by atoms with Crippen LogP contribution in [0.2, 0.25) is 0 Å². The van der Waals surface area contributed by atoms with Crippen LogP contribution in [0.3, 0.4) is 0 Å². The summed E-state index contributed by atoms with van der Waals surface area (Å²) in [6.07, 6.45) is 2.24. The summed E-state index contributed by atoms with van der Waals surface area (Å²) in [5.74, 6) is 1.07. The smallest absolute Gasteiger partial charge is 0.319 e. The van der Waals surface area contributed by atoms with Crippen molar-refractivity contribution in [2.75, 3.05) is 40.8 Å². The van der Waals surface area contributed by atoms with Crippen LogP contribution in [0, 0.1) is 12.8 Å². The molecular weight excluding hydrogens is 298 g/mol. The Morgan fingerprint density at radius 2 is 2.09 bits per heavy atom. The average molecular weight is 323 g/mol. The van der Waals surface area contributed by atoms with Crippen LogP contribution in [0.4, 0.5) is 4.79 Å². The number of amides is 3. The number of nitrogens with zero attached hydrogens (tertiary/aromatic N) is 5. The lowest BCUT2D eigenvalue weighted by Gasteiger charge is -2.35. The van der Waals surface area contributed by atoms with Gasteiger partial charge in [0.25, 0.3) is 0 Å². The fraction of sp³-hybridized carbons (Fsp3) is 0.733. The van der Waals surface area contributed by atoms with Gasteiger partial charge in [0.15, 0.2) is 5.82 Å². The number of carbonyl (C=O) groups excluding carboxylic acids is 2. The number of likely N-dealkylation sites (tertiary alicyclic amines) is 1. The monoisotopic (exact) mass is 323 g/mol. The van der Waals surface area contributed by atoms with Crippen molar-refractivity contribution in [3.8, 4) is 0 Å². The second kappa shape index (κ2) is 7.43. The Hall–Kier alpha value is -2.12. The molecule has 1 aliphatic rings. The minimum Gasteiger partial charge on any atom is -0.345 e. The molecule has 8 heteroatoms. The van der Waals surface area contributed by atoms with Gasteiger partial charge in [-0.25, -0.2) is 4.79 Å². The van der Waals surface area contributed by atoms with Gasteiger partial charge in [0.05, 0.1) is 5.92 Å². The third kappa shape index (κ3) is 4.43. The summed E-state index contributed by atoms with van der Waals surface area (Å²) >= 11 is 0. The molecule has 1 aliphatic heterocycles. The number of aromatic nitrogens is 2. The molecule has 23 heavy (non-hydrogen) atoms. The van der Waals surface area contributed by atoms with E-state index < -0.39 is 0 Å². The second-order valence-corrected chi connectivity index (χ2v) is 6.20. The molecule has 1 aromatic rings. The fourth-order valence-corrected chi connectivity index (χ4v) is 2.77. The molecule has 1 fully saturated rings. The first kappa shape index (κ1) is 17.2. The van der Waals surface area contributed by atoms with E-state index in [9.17, 15) is 9.59 Å². The van der Waals surface area contributed by atoms with Crippen LogP contribution in [0.25, 0.3) is 0 Å². The summed E-state index contributed by atoms with van der Waals surface area (Å²) in [7, 11) is 5.24. The van der Waals surface area contributed by atoms with Gasteiger partial charge >= 0.3 is 6.03 Å². The third-order valence-corrected chi connectivity index (χ3v) is 4.04. The number of aryl methyl sites for hydroxylation is 1. The highest BCUT2D eigenvalue weighted by Crippen LogP contribution is 2.19. The molecule has 2 heterocycles. The summed E-state index contributed by atoms with van der Waals surface area (Å²) in [6, 6.07) is -0.0348. The first-order valence-electron chi connectivity index (χ1n) is 7.89. The van der Waals surface area contributed by atoms with Crippen LogP contribution < -0.4 is 0 Å². The van der Waals surface area contributed by atoms with E-state index in [1.807, 2.05) is 0 Å². The molecule has 0 N–H and O–H groups in total. The van der Waals surface area contributed by atoms with Gasteiger partial charge < -0.3 is 19.2 Å². The van der Waals surface area contributed by atoms with Crippen molar-refractivity contribution in [1.29, 1.82) is 0 Å². The largest absolute Gasteiger partial charge is 0.345 e. The molecular formula is C15H25N5O3. The summed E-state index contributed by atoms with van der Waals surface area (Å²) in [5.41, 5.74) is 0. The minimum absolute atomic E-state index is 0.0348. The topological polar surface area (TPSA) is 82.8 Å². The SMILES string of the molecule is Cc1nc(CCN(C)C(=O)C2CCCN(C(=O)N(C)C)C2)no1. The van der Waals surface area contributed by atoms with Crippen LogP contribution in [-0.4, -0.2) is 77.6 Å². The molecule has 0 aliphatic carbocycles. The number of urea groups is 1. The van der Waals surface area contributed by atoms with Gasteiger partial charge in [-0.05, 0) is 12.8 Å². The number of carbonyl (C=O) groups is 2. The van der Waals surface area contributed by atoms with Gasteiger partial charge in [0, 0.05) is 54.1 Å². The van der Waals surface area contributed by atoms with Crippen molar-refractivity contribution >= 4 is 11.9 Å². The van der Waals surface area contributed by atoms with Crippen molar-refractivity contribution in [3.05, 3.63) is 11.7 Å². The zero-order valence-corrected chi connectivity index (χ0v) is 14.3. The van der Waals surface area contributed by atoms with Crippen LogP contribution in [0.5, 0.6) is 0 Å². The number of likely N-dealkylation sites (N-methyl/N-ethyl adjacent to an activating group) is 1. The minimum atomic E-state index is -0.135. The molecule has 2 rings (SSSR count). The van der Waals surface area contributed by atoms with Crippen LogP contribution >= 0.6 is 0 Å². The highest BCUT2D eigenvalue weighted by Gasteiger charge is 2.30. The van der Waals surface area contributed by atoms with Gasteiger partial charge in [0.1, 0.15) is 0 Å². The fourth-order valence-electron chi connectivity index (χ4n) is 2.77. The number of hydrogen-bond donors (Lipinski definition) is 0. The Labute approximate surface area is 136 Å². The number of rotatable bonds is 4. The number of piperidine rings is 1. The Morgan fingerprint density at radius 1 is 1.35 bits per heavy atom. The molecule has 128 valence electrons. The van der Waals surface area contributed by atoms with Crippen molar-refractivity contribution in [2.24, 2.45) is 5.92 Å². The molecule has 1 atom stereocenters. The van der Waals surface area contributed by atoms with E-state index in [-0.39, 0.29) is 17.9 Å². The maximum absolute atomic E-state index is 12.6. The lowest BCUT2D eigenvalue weighted by molar-refractivity contribution is -0.135. The molecule has 0 spiro atoms. The van der Waals surface area contributed by atoms with E-state index in [0.717, 1.165) is 12.8 Å². The molecule has 0 aromatic carbocycles. The van der Waals surface area contributed by atoms with Crippen LogP contribution in [0.1, 0.15) is 24.6 Å². The highest BCUT2D eigenvalue weighted by atomic mass is 16.5. The summed E-state index contributed by atoms with van der Waals surface area (Å²) < 4.78 is 4.92. The van der Waals surface area contributed by atoms with Gasteiger partial charge in [-0.2, -0.15) is 4.98 Å². The highest BCUT2D eigenvalue weighted by molar-refractivity contribution is 5.80. The molecule has 0 radical (unpaired) electrons.